The van der Waals surface area contributed by atoms with E-state index in [1.54, 1.807) is 12.1 Å². The summed E-state index contributed by atoms with van der Waals surface area (Å²) >= 11 is 0. The zero-order chi connectivity index (χ0) is 14.0. The molecule has 0 bridgehead atoms. The fourth-order valence-electron chi connectivity index (χ4n) is 1.70. The van der Waals surface area contributed by atoms with Crippen molar-refractivity contribution in [2.45, 2.75) is 6.42 Å². The Balaban J connectivity index is 2.15. The highest BCUT2D eigenvalue weighted by Gasteiger charge is 2.09. The smallest absolute Gasteiger partial charge is 0.335 e. The minimum Gasteiger partial charge on any atom is -0.478 e. The van der Waals surface area contributed by atoms with Gasteiger partial charge in [-0.1, -0.05) is 6.07 Å². The van der Waals surface area contributed by atoms with Crippen LogP contribution in [-0.2, 0) is 16.4 Å². The molecule has 2 N–H and O–H groups in total. The number of carboxylic acid groups (broad SMARTS) is 1. The Morgan fingerprint density at radius 3 is 2.74 bits per heavy atom. The van der Waals surface area contributed by atoms with Crippen molar-refractivity contribution < 1.29 is 22.7 Å². The molecule has 1 aromatic carbocycles. The third-order valence-electron chi connectivity index (χ3n) is 2.55. The minimum absolute atomic E-state index is 0.155. The number of hydrogen-bond donors (Lipinski definition) is 2. The summed E-state index contributed by atoms with van der Waals surface area (Å²) in [7, 11) is -3.21. The van der Waals surface area contributed by atoms with Gasteiger partial charge in [-0.3, -0.25) is 0 Å². The normalized spacial score (nSPS) is 11.8. The Hall–Kier alpha value is -1.86. The van der Waals surface area contributed by atoms with Crippen molar-refractivity contribution in [3.63, 3.8) is 0 Å². The molecule has 0 amide bonds. The van der Waals surface area contributed by atoms with Gasteiger partial charge in [0.25, 0.3) is 0 Å². The van der Waals surface area contributed by atoms with Crippen LogP contribution in [0, 0.1) is 0 Å². The Morgan fingerprint density at radius 2 is 2.11 bits per heavy atom. The first-order chi connectivity index (χ1) is 8.85. The lowest BCUT2D eigenvalue weighted by Gasteiger charge is -1.98. The standard InChI is InChI=1S/C12H13NO5S/c1-19(16,17)13-5-4-10-6-8-2-3-9(12(14)15)7-11(8)18-10/h2-3,6-7,13H,4-5H2,1H3,(H,14,15). The molecule has 2 rings (SSSR count). The number of hydrogen-bond acceptors (Lipinski definition) is 4. The molecule has 0 fully saturated rings. The van der Waals surface area contributed by atoms with E-state index in [-0.39, 0.29) is 12.1 Å². The molecule has 0 aliphatic heterocycles. The van der Waals surface area contributed by atoms with Crippen molar-refractivity contribution in [3.8, 4) is 0 Å². The monoisotopic (exact) mass is 283 g/mol. The van der Waals surface area contributed by atoms with Crippen molar-refractivity contribution in [2.24, 2.45) is 0 Å². The number of carboxylic acids is 1. The van der Waals surface area contributed by atoms with Crippen LogP contribution in [0.1, 0.15) is 16.1 Å². The van der Waals surface area contributed by atoms with Gasteiger partial charge >= 0.3 is 5.97 Å². The van der Waals surface area contributed by atoms with Gasteiger partial charge in [-0.15, -0.1) is 0 Å². The Morgan fingerprint density at radius 1 is 1.37 bits per heavy atom. The first kappa shape index (κ1) is 13.6. The van der Waals surface area contributed by atoms with Crippen molar-refractivity contribution in [1.29, 1.82) is 0 Å². The highest BCUT2D eigenvalue weighted by atomic mass is 32.2. The summed E-state index contributed by atoms with van der Waals surface area (Å²) in [5.41, 5.74) is 0.636. The molecule has 1 heterocycles. The number of aromatic carboxylic acids is 1. The lowest BCUT2D eigenvalue weighted by molar-refractivity contribution is 0.0697. The second kappa shape index (κ2) is 5.02. The number of benzene rings is 1. The van der Waals surface area contributed by atoms with E-state index in [0.717, 1.165) is 11.6 Å². The lowest BCUT2D eigenvalue weighted by atomic mass is 10.1. The van der Waals surface area contributed by atoms with Gasteiger partial charge in [-0.25, -0.2) is 17.9 Å². The van der Waals surface area contributed by atoms with Gasteiger partial charge in [0.1, 0.15) is 11.3 Å². The molecule has 0 saturated heterocycles. The molecule has 1 aromatic heterocycles. The molecule has 2 aromatic rings. The summed E-state index contributed by atoms with van der Waals surface area (Å²) in [5.74, 6) is -0.410. The van der Waals surface area contributed by atoms with Crippen LogP contribution in [0.25, 0.3) is 11.0 Å². The molecule has 0 unspecified atom stereocenters. The Kier molecular flexibility index (Phi) is 3.59. The molecule has 0 atom stereocenters. The topological polar surface area (TPSA) is 96.6 Å². The van der Waals surface area contributed by atoms with E-state index in [4.69, 9.17) is 9.52 Å². The van der Waals surface area contributed by atoms with Crippen LogP contribution in [0.4, 0.5) is 0 Å². The number of furan rings is 1. The Bertz CT molecular complexity index is 717. The largest absolute Gasteiger partial charge is 0.478 e. The summed E-state index contributed by atoms with van der Waals surface area (Å²) in [6, 6.07) is 6.38. The van der Waals surface area contributed by atoms with Crippen LogP contribution in [0.15, 0.2) is 28.7 Å². The number of fused-ring (bicyclic) bond motifs is 1. The summed E-state index contributed by atoms with van der Waals surface area (Å²) in [6.45, 7) is 0.241. The van der Waals surface area contributed by atoms with E-state index >= 15 is 0 Å². The lowest BCUT2D eigenvalue weighted by Crippen LogP contribution is -2.24. The molecule has 0 saturated carbocycles. The van der Waals surface area contributed by atoms with Gasteiger partial charge in [0, 0.05) is 18.4 Å². The van der Waals surface area contributed by atoms with Crippen LogP contribution in [-0.4, -0.2) is 32.3 Å². The van der Waals surface area contributed by atoms with Gasteiger partial charge in [-0.05, 0) is 18.2 Å². The highest BCUT2D eigenvalue weighted by Crippen LogP contribution is 2.21. The Labute approximate surface area is 110 Å². The molecular weight excluding hydrogens is 270 g/mol. The van der Waals surface area contributed by atoms with Gasteiger partial charge in [0.2, 0.25) is 10.0 Å². The van der Waals surface area contributed by atoms with Crippen LogP contribution in [0.3, 0.4) is 0 Å². The van der Waals surface area contributed by atoms with Crippen LogP contribution < -0.4 is 4.72 Å². The van der Waals surface area contributed by atoms with Gasteiger partial charge in [-0.2, -0.15) is 0 Å². The summed E-state index contributed by atoms with van der Waals surface area (Å²) in [6.07, 6.45) is 1.49. The van der Waals surface area contributed by atoms with Gasteiger partial charge in [0.05, 0.1) is 11.8 Å². The van der Waals surface area contributed by atoms with Crippen molar-refractivity contribution in [2.75, 3.05) is 12.8 Å². The van der Waals surface area contributed by atoms with Crippen molar-refractivity contribution in [3.05, 3.63) is 35.6 Å². The summed E-state index contributed by atoms with van der Waals surface area (Å²) in [4.78, 5) is 10.8. The number of nitrogens with one attached hydrogen (secondary N) is 1. The zero-order valence-corrected chi connectivity index (χ0v) is 11.0. The number of rotatable bonds is 5. The van der Waals surface area contributed by atoms with Crippen LogP contribution in [0.2, 0.25) is 0 Å². The molecule has 102 valence electrons. The summed E-state index contributed by atoms with van der Waals surface area (Å²) < 4.78 is 29.7. The van der Waals surface area contributed by atoms with E-state index in [2.05, 4.69) is 4.72 Å². The minimum atomic E-state index is -3.21. The van der Waals surface area contributed by atoms with E-state index in [0.29, 0.717) is 17.8 Å². The van der Waals surface area contributed by atoms with Crippen LogP contribution in [0.5, 0.6) is 0 Å². The van der Waals surface area contributed by atoms with Crippen molar-refractivity contribution in [1.82, 2.24) is 4.72 Å². The van der Waals surface area contributed by atoms with E-state index < -0.39 is 16.0 Å². The SMILES string of the molecule is CS(=O)(=O)NCCc1cc2ccc(C(=O)O)cc2o1. The third-order valence-corrected chi connectivity index (χ3v) is 3.28. The molecule has 0 aliphatic rings. The second-order valence-electron chi connectivity index (χ2n) is 4.19. The van der Waals surface area contributed by atoms with Gasteiger partial charge in [0.15, 0.2) is 0 Å². The maximum absolute atomic E-state index is 10.9. The quantitative estimate of drug-likeness (QED) is 0.860. The predicted molar refractivity (Wildman–Crippen MR) is 69.7 cm³/mol. The highest BCUT2D eigenvalue weighted by molar-refractivity contribution is 7.88. The maximum Gasteiger partial charge on any atom is 0.335 e. The molecular formula is C12H13NO5S. The zero-order valence-electron chi connectivity index (χ0n) is 10.2. The molecule has 19 heavy (non-hydrogen) atoms. The van der Waals surface area contributed by atoms with Gasteiger partial charge < -0.3 is 9.52 Å². The second-order valence-corrected chi connectivity index (χ2v) is 6.02. The van der Waals surface area contributed by atoms with E-state index in [1.807, 2.05) is 0 Å². The first-order valence-electron chi connectivity index (χ1n) is 5.55. The number of carbonyl (C=O) groups is 1. The number of sulfonamides is 1. The maximum atomic E-state index is 10.9. The fraction of sp³-hybridized carbons (Fsp3) is 0.250. The van der Waals surface area contributed by atoms with E-state index in [1.165, 1.54) is 12.1 Å². The molecule has 0 radical (unpaired) electrons. The molecule has 0 aliphatic carbocycles. The average molecular weight is 283 g/mol. The molecule has 6 nitrogen and oxygen atoms in total. The van der Waals surface area contributed by atoms with E-state index in [9.17, 15) is 13.2 Å². The molecule has 7 heteroatoms. The predicted octanol–water partition coefficient (Wildman–Crippen LogP) is 1.22. The molecule has 0 spiro atoms. The van der Waals surface area contributed by atoms with Crippen molar-refractivity contribution >= 4 is 27.0 Å². The summed E-state index contributed by atoms with van der Waals surface area (Å²) in [5, 5.41) is 9.65. The first-order valence-corrected chi connectivity index (χ1v) is 7.45. The third kappa shape index (κ3) is 3.55. The van der Waals surface area contributed by atoms with Crippen LogP contribution >= 0.6 is 0 Å². The average Bonchev–Trinajstić information content (AvgIpc) is 2.68. The fourth-order valence-corrected chi connectivity index (χ4v) is 2.17.